The summed E-state index contributed by atoms with van der Waals surface area (Å²) in [6.45, 7) is 9.52. The van der Waals surface area contributed by atoms with E-state index in [2.05, 4.69) is 20.0 Å². The molecule has 9 heteroatoms. The highest BCUT2D eigenvalue weighted by molar-refractivity contribution is 7.89. The van der Waals surface area contributed by atoms with Crippen LogP contribution in [0.15, 0.2) is 41.6 Å². The fourth-order valence-electron chi connectivity index (χ4n) is 4.08. The average Bonchev–Trinajstić information content (AvgIpc) is 3.21. The first-order valence-electron chi connectivity index (χ1n) is 9.94. The van der Waals surface area contributed by atoms with Gasteiger partial charge >= 0.3 is 0 Å². The van der Waals surface area contributed by atoms with Crippen LogP contribution in [0.2, 0.25) is 0 Å². The van der Waals surface area contributed by atoms with Crippen molar-refractivity contribution in [1.82, 2.24) is 24.1 Å². The lowest BCUT2D eigenvalue weighted by Crippen LogP contribution is -2.49. The highest BCUT2D eigenvalue weighted by Gasteiger charge is 2.31. The van der Waals surface area contributed by atoms with E-state index < -0.39 is 10.0 Å². The van der Waals surface area contributed by atoms with Gasteiger partial charge in [-0.2, -0.15) is 9.40 Å². The van der Waals surface area contributed by atoms with E-state index in [4.69, 9.17) is 0 Å². The molecular formula is C21H26N6O2S. The predicted octanol–water partition coefficient (Wildman–Crippen LogP) is 2.41. The van der Waals surface area contributed by atoms with Gasteiger partial charge in [0.15, 0.2) is 5.82 Å². The molecular weight excluding hydrogens is 400 g/mol. The Morgan fingerprint density at radius 1 is 0.867 bits per heavy atom. The molecule has 0 radical (unpaired) electrons. The summed E-state index contributed by atoms with van der Waals surface area (Å²) in [5.41, 5.74) is 2.66. The molecule has 1 aliphatic rings. The Morgan fingerprint density at radius 2 is 1.50 bits per heavy atom. The Balaban J connectivity index is 1.55. The van der Waals surface area contributed by atoms with Crippen LogP contribution < -0.4 is 4.90 Å². The molecule has 0 bridgehead atoms. The molecule has 3 heterocycles. The van der Waals surface area contributed by atoms with Gasteiger partial charge in [-0.1, -0.05) is 17.7 Å². The molecule has 0 N–H and O–H groups in total. The van der Waals surface area contributed by atoms with E-state index in [0.29, 0.717) is 42.7 Å². The maximum absolute atomic E-state index is 13.3. The fourth-order valence-corrected chi connectivity index (χ4v) is 5.91. The summed E-state index contributed by atoms with van der Waals surface area (Å²) in [6, 6.07) is 7.58. The van der Waals surface area contributed by atoms with Crippen molar-refractivity contribution in [3.63, 3.8) is 0 Å². The van der Waals surface area contributed by atoms with E-state index >= 15 is 0 Å². The maximum atomic E-state index is 13.3. The van der Waals surface area contributed by atoms with Crippen molar-refractivity contribution in [3.8, 4) is 5.82 Å². The molecule has 30 heavy (non-hydrogen) atoms. The minimum Gasteiger partial charge on any atom is -0.354 e. The van der Waals surface area contributed by atoms with Crippen molar-refractivity contribution < 1.29 is 8.42 Å². The third-order valence-electron chi connectivity index (χ3n) is 5.32. The molecule has 4 rings (SSSR count). The quantitative estimate of drug-likeness (QED) is 0.637. The minimum atomic E-state index is -3.54. The van der Waals surface area contributed by atoms with E-state index in [0.717, 1.165) is 22.5 Å². The van der Waals surface area contributed by atoms with E-state index in [9.17, 15) is 8.42 Å². The molecule has 0 unspecified atom stereocenters. The zero-order chi connectivity index (χ0) is 21.5. The number of benzene rings is 1. The molecule has 0 saturated carbocycles. The molecule has 0 amide bonds. The molecule has 0 aliphatic carbocycles. The Labute approximate surface area is 177 Å². The second kappa shape index (κ2) is 7.81. The van der Waals surface area contributed by atoms with Gasteiger partial charge in [0, 0.05) is 44.6 Å². The summed E-state index contributed by atoms with van der Waals surface area (Å²) in [5.74, 6) is 2.13. The fraction of sp³-hybridized carbons (Fsp3) is 0.381. The number of hydrogen-bond acceptors (Lipinski definition) is 6. The number of hydrogen-bond donors (Lipinski definition) is 0. The largest absolute Gasteiger partial charge is 0.354 e. The summed E-state index contributed by atoms with van der Waals surface area (Å²) in [7, 11) is -3.54. The van der Waals surface area contributed by atoms with Crippen LogP contribution in [0.4, 0.5) is 5.82 Å². The molecule has 1 saturated heterocycles. The van der Waals surface area contributed by atoms with Crippen molar-refractivity contribution in [2.75, 3.05) is 31.1 Å². The van der Waals surface area contributed by atoms with Crippen LogP contribution in [0.3, 0.4) is 0 Å². The van der Waals surface area contributed by atoms with Crippen molar-refractivity contribution in [3.05, 3.63) is 59.2 Å². The van der Waals surface area contributed by atoms with Gasteiger partial charge in [0.1, 0.15) is 11.6 Å². The lowest BCUT2D eigenvalue weighted by Gasteiger charge is -2.35. The summed E-state index contributed by atoms with van der Waals surface area (Å²) in [4.78, 5) is 11.5. The predicted molar refractivity (Wildman–Crippen MR) is 116 cm³/mol. The van der Waals surface area contributed by atoms with Crippen molar-refractivity contribution in [2.24, 2.45) is 0 Å². The van der Waals surface area contributed by atoms with Gasteiger partial charge in [-0.15, -0.1) is 0 Å². The van der Waals surface area contributed by atoms with Gasteiger partial charge in [0.2, 0.25) is 10.0 Å². The number of aromatic nitrogens is 4. The molecule has 1 aliphatic heterocycles. The van der Waals surface area contributed by atoms with E-state index in [1.54, 1.807) is 15.2 Å². The number of sulfonamides is 1. The van der Waals surface area contributed by atoms with Gasteiger partial charge in [-0.3, -0.25) is 0 Å². The third-order valence-corrected chi connectivity index (χ3v) is 7.52. The van der Waals surface area contributed by atoms with Gasteiger partial charge in [-0.25, -0.2) is 23.1 Å². The van der Waals surface area contributed by atoms with Gasteiger partial charge in [-0.05, 0) is 44.9 Å². The van der Waals surface area contributed by atoms with Crippen LogP contribution in [-0.2, 0) is 10.0 Å². The highest BCUT2D eigenvalue weighted by Crippen LogP contribution is 2.27. The first-order chi connectivity index (χ1) is 14.3. The van der Waals surface area contributed by atoms with Gasteiger partial charge in [0.05, 0.1) is 4.90 Å². The molecule has 1 aromatic carbocycles. The molecule has 0 atom stereocenters. The van der Waals surface area contributed by atoms with Gasteiger partial charge in [0.25, 0.3) is 0 Å². The van der Waals surface area contributed by atoms with Gasteiger partial charge < -0.3 is 4.90 Å². The van der Waals surface area contributed by atoms with Crippen LogP contribution in [-0.4, -0.2) is 58.7 Å². The standard InChI is InChI=1S/C21H26N6O2S/c1-15-12-16(2)21(17(3)13-15)30(28,29)26-10-8-25(9-11-26)19-14-20(24-18(4)23-19)27-7-5-6-22-27/h5-7,12-14H,8-11H2,1-4H3. The minimum absolute atomic E-state index is 0.412. The smallest absolute Gasteiger partial charge is 0.243 e. The highest BCUT2D eigenvalue weighted by atomic mass is 32.2. The van der Waals surface area contributed by atoms with E-state index in [1.807, 2.05) is 58.2 Å². The third kappa shape index (κ3) is 3.82. The Hall–Kier alpha value is -2.78. The van der Waals surface area contributed by atoms with Crippen molar-refractivity contribution >= 4 is 15.8 Å². The van der Waals surface area contributed by atoms with Crippen LogP contribution in [0.25, 0.3) is 5.82 Å². The number of aryl methyl sites for hydroxylation is 4. The zero-order valence-corrected chi connectivity index (χ0v) is 18.5. The SMILES string of the molecule is Cc1cc(C)c(S(=O)(=O)N2CCN(c3cc(-n4cccn4)nc(C)n3)CC2)c(C)c1. The normalized spacial score (nSPS) is 15.5. The maximum Gasteiger partial charge on any atom is 0.243 e. The number of rotatable bonds is 4. The Bertz CT molecular complexity index is 1140. The lowest BCUT2D eigenvalue weighted by atomic mass is 10.1. The number of piperazine rings is 1. The van der Waals surface area contributed by atoms with Crippen molar-refractivity contribution in [1.29, 1.82) is 0 Å². The lowest BCUT2D eigenvalue weighted by molar-refractivity contribution is 0.383. The molecule has 8 nitrogen and oxygen atoms in total. The summed E-state index contributed by atoms with van der Waals surface area (Å²) in [5, 5.41) is 4.23. The van der Waals surface area contributed by atoms with Crippen LogP contribution in [0.5, 0.6) is 0 Å². The van der Waals surface area contributed by atoms with Crippen LogP contribution in [0, 0.1) is 27.7 Å². The Morgan fingerprint density at radius 3 is 2.10 bits per heavy atom. The Kier molecular flexibility index (Phi) is 5.33. The molecule has 1 fully saturated rings. The second-order valence-electron chi connectivity index (χ2n) is 7.70. The molecule has 0 spiro atoms. The van der Waals surface area contributed by atoms with Crippen molar-refractivity contribution in [2.45, 2.75) is 32.6 Å². The first-order valence-corrected chi connectivity index (χ1v) is 11.4. The molecule has 2 aromatic heterocycles. The van der Waals surface area contributed by atoms with Crippen LogP contribution in [0.1, 0.15) is 22.5 Å². The average molecular weight is 427 g/mol. The van der Waals surface area contributed by atoms with Crippen LogP contribution >= 0.6 is 0 Å². The molecule has 158 valence electrons. The summed E-state index contributed by atoms with van der Waals surface area (Å²) in [6.07, 6.45) is 3.54. The zero-order valence-electron chi connectivity index (χ0n) is 17.7. The summed E-state index contributed by atoms with van der Waals surface area (Å²) >= 11 is 0. The monoisotopic (exact) mass is 426 g/mol. The summed E-state index contributed by atoms with van der Waals surface area (Å²) < 4.78 is 29.9. The topological polar surface area (TPSA) is 84.2 Å². The number of nitrogens with zero attached hydrogens (tertiary/aromatic N) is 6. The van der Waals surface area contributed by atoms with E-state index in [-0.39, 0.29) is 0 Å². The second-order valence-corrected chi connectivity index (χ2v) is 9.58. The van der Waals surface area contributed by atoms with E-state index in [1.165, 1.54) is 0 Å². The molecule has 3 aromatic rings. The number of anilines is 1. The first kappa shape index (κ1) is 20.5.